The lowest BCUT2D eigenvalue weighted by atomic mass is 9.92. The van der Waals surface area contributed by atoms with Crippen LogP contribution >= 0.6 is 11.3 Å². The van der Waals surface area contributed by atoms with Crippen molar-refractivity contribution in [2.45, 2.75) is 32.2 Å². The number of carboxylic acid groups (broad SMARTS) is 1. The van der Waals surface area contributed by atoms with E-state index in [9.17, 15) is 14.7 Å². The number of aromatic nitrogens is 1. The Kier molecular flexibility index (Phi) is 4.47. The van der Waals surface area contributed by atoms with E-state index in [4.69, 9.17) is 4.42 Å². The summed E-state index contributed by atoms with van der Waals surface area (Å²) in [5, 5.41) is 11.3. The molecule has 3 rings (SSSR count). The first-order valence-corrected chi connectivity index (χ1v) is 8.43. The van der Waals surface area contributed by atoms with Crippen LogP contribution in [-0.2, 0) is 16.0 Å². The maximum absolute atomic E-state index is 12.5. The average molecular weight is 334 g/mol. The molecule has 1 aliphatic rings. The van der Waals surface area contributed by atoms with E-state index in [-0.39, 0.29) is 12.3 Å². The van der Waals surface area contributed by atoms with Crippen LogP contribution in [0.3, 0.4) is 0 Å². The molecule has 0 radical (unpaired) electrons. The number of hydrogen-bond donors (Lipinski definition) is 1. The van der Waals surface area contributed by atoms with E-state index in [1.165, 1.54) is 22.5 Å². The minimum atomic E-state index is -0.940. The summed E-state index contributed by atoms with van der Waals surface area (Å²) < 4.78 is 5.40. The number of oxazole rings is 1. The largest absolute Gasteiger partial charge is 0.480 e. The molecule has 1 aliphatic heterocycles. The van der Waals surface area contributed by atoms with Gasteiger partial charge in [-0.15, -0.1) is 11.3 Å². The summed E-state index contributed by atoms with van der Waals surface area (Å²) in [6.45, 7) is 2.50. The van der Waals surface area contributed by atoms with Crippen molar-refractivity contribution in [1.82, 2.24) is 9.88 Å². The minimum Gasteiger partial charge on any atom is -0.480 e. The molecule has 0 bridgehead atoms. The second-order valence-electron chi connectivity index (χ2n) is 5.87. The highest BCUT2D eigenvalue weighted by Gasteiger charge is 2.34. The first-order chi connectivity index (χ1) is 11.0. The molecule has 2 aromatic heterocycles. The van der Waals surface area contributed by atoms with Crippen molar-refractivity contribution in [3.63, 3.8) is 0 Å². The molecule has 0 aliphatic carbocycles. The van der Waals surface area contributed by atoms with E-state index in [1.54, 1.807) is 0 Å². The molecule has 122 valence electrons. The molecule has 2 unspecified atom stereocenters. The number of amides is 1. The van der Waals surface area contributed by atoms with E-state index in [1.807, 2.05) is 24.4 Å². The summed E-state index contributed by atoms with van der Waals surface area (Å²) in [7, 11) is 0. The van der Waals surface area contributed by atoms with E-state index >= 15 is 0 Å². The number of carboxylic acids is 1. The van der Waals surface area contributed by atoms with E-state index in [0.717, 1.165) is 11.3 Å². The number of carbonyl (C=O) groups excluding carboxylic acids is 1. The van der Waals surface area contributed by atoms with Crippen molar-refractivity contribution in [1.29, 1.82) is 0 Å². The summed E-state index contributed by atoms with van der Waals surface area (Å²) in [5.41, 5.74) is 0.529. The van der Waals surface area contributed by atoms with Crippen LogP contribution in [0.4, 0.5) is 0 Å². The fraction of sp³-hybridized carbons (Fsp3) is 0.438. The third-order valence-corrected chi connectivity index (χ3v) is 4.94. The number of aliphatic carboxylic acids is 1. The number of thiophene rings is 1. The van der Waals surface area contributed by atoms with Crippen LogP contribution in [0, 0.1) is 5.92 Å². The van der Waals surface area contributed by atoms with Gasteiger partial charge in [-0.05, 0) is 30.2 Å². The maximum atomic E-state index is 12.5. The minimum absolute atomic E-state index is 0.0625. The second-order valence-corrected chi connectivity index (χ2v) is 6.82. The first kappa shape index (κ1) is 15.7. The number of carbonyl (C=O) groups is 2. The van der Waals surface area contributed by atoms with Gasteiger partial charge < -0.3 is 14.4 Å². The van der Waals surface area contributed by atoms with Crippen LogP contribution in [0.5, 0.6) is 0 Å². The standard InChI is InChI=1S/C16H18N2O4S/c1-10-4-5-18(12(7-10)16(20)21)14(19)8-11-9-22-15(17-11)13-3-2-6-23-13/h2-3,6,9-10,12H,4-5,7-8H2,1H3,(H,20,21). The molecule has 1 amide bonds. The Morgan fingerprint density at radius 1 is 1.52 bits per heavy atom. The summed E-state index contributed by atoms with van der Waals surface area (Å²) in [6.07, 6.45) is 2.86. The lowest BCUT2D eigenvalue weighted by Gasteiger charge is -2.35. The van der Waals surface area contributed by atoms with Gasteiger partial charge in [0.05, 0.1) is 17.0 Å². The van der Waals surface area contributed by atoms with Crippen LogP contribution in [0.15, 0.2) is 28.2 Å². The summed E-state index contributed by atoms with van der Waals surface area (Å²) in [6, 6.07) is 3.06. The Morgan fingerprint density at radius 2 is 2.35 bits per heavy atom. The lowest BCUT2D eigenvalue weighted by Crippen LogP contribution is -2.50. The van der Waals surface area contributed by atoms with Gasteiger partial charge in [-0.25, -0.2) is 9.78 Å². The Labute approximate surface area is 137 Å². The van der Waals surface area contributed by atoms with Crippen molar-refractivity contribution in [2.24, 2.45) is 5.92 Å². The Hall–Kier alpha value is -2.15. The van der Waals surface area contributed by atoms with Crippen LogP contribution in [-0.4, -0.2) is 39.5 Å². The molecule has 2 atom stereocenters. The number of piperidine rings is 1. The second kappa shape index (κ2) is 6.54. The zero-order chi connectivity index (χ0) is 16.4. The van der Waals surface area contributed by atoms with Gasteiger partial charge in [-0.2, -0.15) is 0 Å². The van der Waals surface area contributed by atoms with E-state index < -0.39 is 12.0 Å². The molecule has 1 fully saturated rings. The zero-order valence-corrected chi connectivity index (χ0v) is 13.6. The molecular weight excluding hydrogens is 316 g/mol. The van der Waals surface area contributed by atoms with Crippen LogP contribution in [0.25, 0.3) is 10.8 Å². The molecule has 6 nitrogen and oxygen atoms in total. The van der Waals surface area contributed by atoms with Gasteiger partial charge in [0.25, 0.3) is 0 Å². The SMILES string of the molecule is CC1CCN(C(=O)Cc2coc(-c3cccs3)n2)C(C(=O)O)C1. The fourth-order valence-electron chi connectivity index (χ4n) is 2.83. The van der Waals surface area contributed by atoms with Crippen LogP contribution < -0.4 is 0 Å². The summed E-state index contributed by atoms with van der Waals surface area (Å²) >= 11 is 1.51. The van der Waals surface area contributed by atoms with Gasteiger partial charge in [0.2, 0.25) is 11.8 Å². The Balaban J connectivity index is 1.70. The Morgan fingerprint density at radius 3 is 3.04 bits per heavy atom. The van der Waals surface area contributed by atoms with Gasteiger partial charge in [0, 0.05) is 6.54 Å². The van der Waals surface area contributed by atoms with Crippen molar-refractivity contribution in [3.8, 4) is 10.8 Å². The molecule has 1 N–H and O–H groups in total. The molecule has 0 saturated carbocycles. The third kappa shape index (κ3) is 3.44. The van der Waals surface area contributed by atoms with E-state index in [0.29, 0.717) is 30.5 Å². The average Bonchev–Trinajstić information content (AvgIpc) is 3.17. The molecular formula is C16H18N2O4S. The van der Waals surface area contributed by atoms with Crippen LogP contribution in [0.2, 0.25) is 0 Å². The lowest BCUT2D eigenvalue weighted by molar-refractivity contribution is -0.152. The highest BCUT2D eigenvalue weighted by Crippen LogP contribution is 2.25. The topological polar surface area (TPSA) is 83.6 Å². The number of nitrogens with zero attached hydrogens (tertiary/aromatic N) is 2. The number of likely N-dealkylation sites (tertiary alicyclic amines) is 1. The molecule has 0 aromatic carbocycles. The fourth-order valence-corrected chi connectivity index (χ4v) is 3.49. The van der Waals surface area contributed by atoms with Crippen molar-refractivity contribution in [2.75, 3.05) is 6.54 Å². The van der Waals surface area contributed by atoms with Crippen LogP contribution in [0.1, 0.15) is 25.5 Å². The summed E-state index contributed by atoms with van der Waals surface area (Å²) in [4.78, 5) is 30.6. The van der Waals surface area contributed by atoms with E-state index in [2.05, 4.69) is 4.98 Å². The molecule has 7 heteroatoms. The van der Waals surface area contributed by atoms with Gasteiger partial charge in [-0.3, -0.25) is 4.79 Å². The van der Waals surface area contributed by atoms with Gasteiger partial charge in [0.1, 0.15) is 12.3 Å². The van der Waals surface area contributed by atoms with Gasteiger partial charge in [-0.1, -0.05) is 13.0 Å². The van der Waals surface area contributed by atoms with Gasteiger partial charge in [0.15, 0.2) is 0 Å². The molecule has 1 saturated heterocycles. The zero-order valence-electron chi connectivity index (χ0n) is 12.8. The molecule has 0 spiro atoms. The Bertz CT molecular complexity index is 695. The number of rotatable bonds is 4. The third-order valence-electron chi connectivity index (χ3n) is 4.09. The van der Waals surface area contributed by atoms with Crippen molar-refractivity contribution in [3.05, 3.63) is 29.5 Å². The smallest absolute Gasteiger partial charge is 0.326 e. The predicted molar refractivity (Wildman–Crippen MR) is 85.1 cm³/mol. The maximum Gasteiger partial charge on any atom is 0.326 e. The highest BCUT2D eigenvalue weighted by atomic mass is 32.1. The quantitative estimate of drug-likeness (QED) is 0.929. The monoisotopic (exact) mass is 334 g/mol. The number of hydrogen-bond acceptors (Lipinski definition) is 5. The molecule has 2 aromatic rings. The first-order valence-electron chi connectivity index (χ1n) is 7.55. The highest BCUT2D eigenvalue weighted by molar-refractivity contribution is 7.13. The van der Waals surface area contributed by atoms with Gasteiger partial charge >= 0.3 is 5.97 Å². The predicted octanol–water partition coefficient (Wildman–Crippen LogP) is 2.66. The molecule has 3 heterocycles. The summed E-state index contributed by atoms with van der Waals surface area (Å²) in [5.74, 6) is -0.345. The van der Waals surface area contributed by atoms with Crippen molar-refractivity contribution >= 4 is 23.2 Å². The normalized spacial score (nSPS) is 21.3. The molecule has 23 heavy (non-hydrogen) atoms. The van der Waals surface area contributed by atoms with Crippen molar-refractivity contribution < 1.29 is 19.1 Å².